The molecular weight excluding hydrogens is 448 g/mol. The van der Waals surface area contributed by atoms with Gasteiger partial charge in [0.1, 0.15) is 11.4 Å². The van der Waals surface area contributed by atoms with Crippen molar-refractivity contribution >= 4 is 40.4 Å². The van der Waals surface area contributed by atoms with Crippen LogP contribution in [-0.4, -0.2) is 36.9 Å². The number of imidazole rings is 1. The van der Waals surface area contributed by atoms with Gasteiger partial charge in [0.25, 0.3) is 5.91 Å². The molecule has 2 heterocycles. The molecule has 9 heteroatoms. The number of anilines is 1. The van der Waals surface area contributed by atoms with Crippen LogP contribution in [0.4, 0.5) is 5.82 Å². The first kappa shape index (κ1) is 21.5. The Bertz CT molecular complexity index is 1480. The van der Waals surface area contributed by atoms with Crippen molar-refractivity contribution in [2.45, 2.75) is 5.16 Å². The number of benzene rings is 3. The number of aromatic nitrogens is 4. The van der Waals surface area contributed by atoms with Crippen molar-refractivity contribution in [3.63, 3.8) is 0 Å². The fraction of sp³-hybridized carbons (Fsp3) is 0.0400. The fourth-order valence-corrected chi connectivity index (χ4v) is 4.47. The lowest BCUT2D eigenvalue weighted by molar-refractivity contribution is -0.113. The van der Waals surface area contributed by atoms with Crippen LogP contribution in [0.2, 0.25) is 0 Å². The van der Waals surface area contributed by atoms with Gasteiger partial charge in [-0.05, 0) is 36.4 Å². The van der Waals surface area contributed by atoms with Crippen LogP contribution in [0.5, 0.6) is 0 Å². The van der Waals surface area contributed by atoms with E-state index < -0.39 is 5.91 Å². The molecule has 8 nitrogen and oxygen atoms in total. The number of hydrogen-bond donors (Lipinski definition) is 2. The number of nitrogens with two attached hydrogens (primary N) is 1. The first-order valence-corrected chi connectivity index (χ1v) is 11.5. The van der Waals surface area contributed by atoms with Crippen molar-refractivity contribution in [2.75, 3.05) is 11.1 Å². The van der Waals surface area contributed by atoms with Gasteiger partial charge >= 0.3 is 0 Å². The lowest BCUT2D eigenvalue weighted by Gasteiger charge is -2.11. The molecule has 2 aromatic heterocycles. The number of fused-ring (bicyclic) bond motifs is 1. The maximum atomic E-state index is 12.9. The lowest BCUT2D eigenvalue weighted by Crippen LogP contribution is -2.21. The monoisotopic (exact) mass is 468 g/mol. The number of carbonyl (C=O) groups is 2. The first-order chi connectivity index (χ1) is 16.6. The third kappa shape index (κ3) is 4.16. The molecule has 0 unspecified atom stereocenters. The smallest absolute Gasteiger partial charge is 0.254 e. The average molecular weight is 469 g/mol. The molecule has 0 atom stereocenters. The molecule has 0 saturated carbocycles. The van der Waals surface area contributed by atoms with Gasteiger partial charge in [-0.1, -0.05) is 60.3 Å². The van der Waals surface area contributed by atoms with Crippen LogP contribution < -0.4 is 11.1 Å². The number of para-hydroxylation sites is 4. The molecule has 168 valence electrons. The Morgan fingerprint density at radius 1 is 0.882 bits per heavy atom. The molecule has 3 N–H and O–H groups in total. The van der Waals surface area contributed by atoms with Crippen LogP contribution >= 0.6 is 11.8 Å². The van der Waals surface area contributed by atoms with Gasteiger partial charge in [0, 0.05) is 5.69 Å². The summed E-state index contributed by atoms with van der Waals surface area (Å²) in [5.74, 6) is -0.664. The summed E-state index contributed by atoms with van der Waals surface area (Å²) in [6, 6.07) is 26.9. The van der Waals surface area contributed by atoms with Crippen LogP contribution in [0.1, 0.15) is 10.4 Å². The molecule has 0 spiro atoms. The van der Waals surface area contributed by atoms with Gasteiger partial charge in [0.05, 0.1) is 28.7 Å². The maximum Gasteiger partial charge on any atom is 0.254 e. The second kappa shape index (κ2) is 9.24. The van der Waals surface area contributed by atoms with E-state index in [0.717, 1.165) is 16.7 Å². The highest BCUT2D eigenvalue weighted by Gasteiger charge is 2.20. The molecule has 0 aliphatic heterocycles. The van der Waals surface area contributed by atoms with Gasteiger partial charge in [-0.3, -0.25) is 14.2 Å². The number of rotatable bonds is 7. The predicted molar refractivity (Wildman–Crippen MR) is 133 cm³/mol. The fourth-order valence-electron chi connectivity index (χ4n) is 3.64. The third-order valence-electron chi connectivity index (χ3n) is 5.17. The van der Waals surface area contributed by atoms with Crippen molar-refractivity contribution in [1.29, 1.82) is 0 Å². The summed E-state index contributed by atoms with van der Waals surface area (Å²) in [5, 5.41) is 7.73. The van der Waals surface area contributed by atoms with Crippen molar-refractivity contribution in [3.05, 3.63) is 96.7 Å². The molecule has 0 aliphatic rings. The zero-order valence-corrected chi connectivity index (χ0v) is 18.8. The van der Waals surface area contributed by atoms with E-state index in [2.05, 4.69) is 10.4 Å². The number of nitrogens with one attached hydrogen (secondary N) is 1. The van der Waals surface area contributed by atoms with Crippen LogP contribution in [0.3, 0.4) is 0 Å². The van der Waals surface area contributed by atoms with Crippen molar-refractivity contribution < 1.29 is 9.59 Å². The number of amides is 2. The first-order valence-electron chi connectivity index (χ1n) is 10.5. The molecular formula is C25H20N6O2S. The quantitative estimate of drug-likeness (QED) is 0.351. The molecule has 5 aromatic rings. The average Bonchev–Trinajstić information content (AvgIpc) is 3.45. The van der Waals surface area contributed by atoms with E-state index in [1.165, 1.54) is 22.6 Å². The summed E-state index contributed by atoms with van der Waals surface area (Å²) >= 11 is 1.31. The minimum atomic E-state index is -0.670. The van der Waals surface area contributed by atoms with Crippen molar-refractivity contribution in [2.24, 2.45) is 5.73 Å². The highest BCUT2D eigenvalue weighted by Crippen LogP contribution is 2.28. The summed E-state index contributed by atoms with van der Waals surface area (Å²) < 4.78 is 3.51. The Morgan fingerprint density at radius 3 is 2.24 bits per heavy atom. The summed E-state index contributed by atoms with van der Waals surface area (Å²) in [4.78, 5) is 29.6. The Balaban J connectivity index is 1.42. The second-order valence-corrected chi connectivity index (χ2v) is 8.35. The van der Waals surface area contributed by atoms with Gasteiger partial charge < -0.3 is 11.1 Å². The molecule has 0 saturated heterocycles. The highest BCUT2D eigenvalue weighted by molar-refractivity contribution is 7.99. The van der Waals surface area contributed by atoms with E-state index in [9.17, 15) is 9.59 Å². The largest absolute Gasteiger partial charge is 0.365 e. The van der Waals surface area contributed by atoms with Gasteiger partial charge in [-0.15, -0.1) is 0 Å². The number of thioether (sulfide) groups is 1. The zero-order chi connectivity index (χ0) is 23.5. The minimum Gasteiger partial charge on any atom is -0.365 e. The predicted octanol–water partition coefficient (Wildman–Crippen LogP) is 4.04. The molecule has 0 radical (unpaired) electrons. The van der Waals surface area contributed by atoms with E-state index in [0.29, 0.717) is 10.8 Å². The van der Waals surface area contributed by atoms with E-state index >= 15 is 0 Å². The molecule has 34 heavy (non-hydrogen) atoms. The van der Waals surface area contributed by atoms with E-state index in [-0.39, 0.29) is 23.0 Å². The second-order valence-electron chi connectivity index (χ2n) is 7.41. The molecule has 0 bridgehead atoms. The SMILES string of the molecule is NC(=O)c1cnn(-c2ccccc2)c1NC(=O)CSc1nc2ccccc2n1-c1ccccc1. The van der Waals surface area contributed by atoms with Crippen LogP contribution in [-0.2, 0) is 4.79 Å². The van der Waals surface area contributed by atoms with Crippen molar-refractivity contribution in [3.8, 4) is 11.4 Å². The number of primary amides is 1. The van der Waals surface area contributed by atoms with E-state index in [1.54, 1.807) is 0 Å². The van der Waals surface area contributed by atoms with Crippen molar-refractivity contribution in [1.82, 2.24) is 19.3 Å². The van der Waals surface area contributed by atoms with Crippen LogP contribution in [0.15, 0.2) is 96.3 Å². The Labute approximate surface area is 199 Å². The summed E-state index contributed by atoms with van der Waals surface area (Å²) in [5.41, 5.74) is 9.10. The topological polar surface area (TPSA) is 108 Å². The molecule has 0 fully saturated rings. The van der Waals surface area contributed by atoms with Crippen LogP contribution in [0, 0.1) is 0 Å². The maximum absolute atomic E-state index is 12.9. The Morgan fingerprint density at radius 2 is 1.53 bits per heavy atom. The summed E-state index contributed by atoms with van der Waals surface area (Å²) in [7, 11) is 0. The molecule has 5 rings (SSSR count). The van der Waals surface area contributed by atoms with Crippen LogP contribution in [0.25, 0.3) is 22.4 Å². The molecule has 3 aromatic carbocycles. The van der Waals surface area contributed by atoms with Gasteiger partial charge in [0.15, 0.2) is 5.16 Å². The zero-order valence-electron chi connectivity index (χ0n) is 18.0. The van der Waals surface area contributed by atoms with Gasteiger partial charge in [0.2, 0.25) is 5.91 Å². The normalized spacial score (nSPS) is 10.9. The molecule has 0 aliphatic carbocycles. The van der Waals surface area contributed by atoms with Gasteiger partial charge in [-0.2, -0.15) is 5.10 Å². The number of hydrogen-bond acceptors (Lipinski definition) is 5. The minimum absolute atomic E-state index is 0.0777. The number of carbonyl (C=O) groups excluding carboxylic acids is 2. The summed E-state index contributed by atoms with van der Waals surface area (Å²) in [6.07, 6.45) is 1.35. The number of nitrogens with zero attached hydrogens (tertiary/aromatic N) is 4. The Hall–Kier alpha value is -4.37. The lowest BCUT2D eigenvalue weighted by atomic mass is 10.3. The van der Waals surface area contributed by atoms with Gasteiger partial charge in [-0.25, -0.2) is 9.67 Å². The Kier molecular flexibility index (Phi) is 5.84. The van der Waals surface area contributed by atoms with E-state index in [4.69, 9.17) is 10.7 Å². The van der Waals surface area contributed by atoms with E-state index in [1.807, 2.05) is 89.5 Å². The summed E-state index contributed by atoms with van der Waals surface area (Å²) in [6.45, 7) is 0. The standard InChI is InChI=1S/C25H20N6O2S/c26-23(33)19-15-27-31(18-11-5-2-6-12-18)24(19)29-22(32)16-34-25-28-20-13-7-8-14-21(20)30(25)17-9-3-1-4-10-17/h1-15H,16H2,(H2,26,33)(H,29,32). The molecule has 2 amide bonds. The third-order valence-corrected chi connectivity index (χ3v) is 6.11. The highest BCUT2D eigenvalue weighted by atomic mass is 32.2.